The van der Waals surface area contributed by atoms with Crippen molar-refractivity contribution >= 4 is 23.3 Å². The van der Waals surface area contributed by atoms with E-state index in [4.69, 9.17) is 5.73 Å². The molecule has 3 amide bonds. The Labute approximate surface area is 171 Å². The predicted molar refractivity (Wildman–Crippen MR) is 116 cm³/mol. The SMILES string of the molecule is CCCNC(=O)NC(CCN(C)C)c1ccc(C(=O)Nc2ccccc2N)nc1. The van der Waals surface area contributed by atoms with Crippen LogP contribution in [0.3, 0.4) is 0 Å². The van der Waals surface area contributed by atoms with E-state index in [9.17, 15) is 9.59 Å². The van der Waals surface area contributed by atoms with E-state index in [1.165, 1.54) is 0 Å². The first-order valence-electron chi connectivity index (χ1n) is 9.71. The minimum absolute atomic E-state index is 0.205. The second-order valence-electron chi connectivity index (χ2n) is 7.06. The summed E-state index contributed by atoms with van der Waals surface area (Å²) < 4.78 is 0. The summed E-state index contributed by atoms with van der Waals surface area (Å²) >= 11 is 0. The number of hydrogen-bond donors (Lipinski definition) is 4. The summed E-state index contributed by atoms with van der Waals surface area (Å²) in [5, 5.41) is 8.57. The third kappa shape index (κ3) is 7.08. The fraction of sp³-hybridized carbons (Fsp3) is 0.381. The van der Waals surface area contributed by atoms with E-state index in [-0.39, 0.29) is 23.7 Å². The highest BCUT2D eigenvalue weighted by atomic mass is 16.2. The van der Waals surface area contributed by atoms with Crippen molar-refractivity contribution in [2.45, 2.75) is 25.8 Å². The summed E-state index contributed by atoms with van der Waals surface area (Å²) in [6.45, 7) is 3.42. The van der Waals surface area contributed by atoms with Gasteiger partial charge in [0.1, 0.15) is 5.69 Å². The van der Waals surface area contributed by atoms with Crippen molar-refractivity contribution in [1.29, 1.82) is 0 Å². The minimum atomic E-state index is -0.340. The molecule has 1 atom stereocenters. The first kappa shape index (κ1) is 22.2. The standard InChI is InChI=1S/C21H30N6O2/c1-4-12-23-21(29)26-17(11-13-27(2)3)15-9-10-19(24-14-15)20(28)25-18-8-6-5-7-16(18)22/h5-10,14,17H,4,11-13,22H2,1-3H3,(H,25,28)(H2,23,26,29). The number of aromatic nitrogens is 1. The number of nitrogen functional groups attached to an aromatic ring is 1. The van der Waals surface area contributed by atoms with Gasteiger partial charge in [-0.25, -0.2) is 4.79 Å². The fourth-order valence-electron chi connectivity index (χ4n) is 2.70. The smallest absolute Gasteiger partial charge is 0.315 e. The number of carbonyl (C=O) groups excluding carboxylic acids is 2. The number of urea groups is 1. The van der Waals surface area contributed by atoms with Gasteiger partial charge in [0.15, 0.2) is 0 Å². The highest BCUT2D eigenvalue weighted by Gasteiger charge is 2.17. The van der Waals surface area contributed by atoms with Gasteiger partial charge in [-0.1, -0.05) is 25.1 Å². The molecular formula is C21H30N6O2. The Balaban J connectivity index is 2.09. The highest BCUT2D eigenvalue weighted by molar-refractivity contribution is 6.04. The molecule has 1 unspecified atom stereocenters. The van der Waals surface area contributed by atoms with Crippen molar-refractivity contribution in [3.63, 3.8) is 0 Å². The number of nitrogens with two attached hydrogens (primary N) is 1. The van der Waals surface area contributed by atoms with E-state index in [0.29, 0.717) is 17.9 Å². The topological polar surface area (TPSA) is 112 Å². The van der Waals surface area contributed by atoms with Gasteiger partial charge in [0, 0.05) is 12.7 Å². The second-order valence-corrected chi connectivity index (χ2v) is 7.06. The van der Waals surface area contributed by atoms with Crippen molar-refractivity contribution in [2.24, 2.45) is 0 Å². The first-order chi connectivity index (χ1) is 13.9. The second kappa shape index (κ2) is 11.0. The lowest BCUT2D eigenvalue weighted by atomic mass is 10.1. The van der Waals surface area contributed by atoms with Crippen LogP contribution in [0.25, 0.3) is 0 Å². The van der Waals surface area contributed by atoms with Crippen LogP contribution in [0.15, 0.2) is 42.6 Å². The molecule has 5 N–H and O–H groups in total. The number of nitrogens with one attached hydrogen (secondary N) is 3. The maximum Gasteiger partial charge on any atom is 0.315 e. The maximum absolute atomic E-state index is 12.4. The largest absolute Gasteiger partial charge is 0.397 e. The van der Waals surface area contributed by atoms with Crippen LogP contribution in [0.1, 0.15) is 41.9 Å². The van der Waals surface area contributed by atoms with Crippen LogP contribution >= 0.6 is 0 Å². The normalized spacial score (nSPS) is 11.7. The lowest BCUT2D eigenvalue weighted by molar-refractivity contribution is 0.102. The summed E-state index contributed by atoms with van der Waals surface area (Å²) in [6.07, 6.45) is 3.22. The molecule has 1 heterocycles. The first-order valence-corrected chi connectivity index (χ1v) is 9.71. The average Bonchev–Trinajstić information content (AvgIpc) is 2.71. The van der Waals surface area contributed by atoms with Crippen LogP contribution in [0.4, 0.5) is 16.2 Å². The molecule has 8 nitrogen and oxygen atoms in total. The van der Waals surface area contributed by atoms with Crippen LogP contribution in [-0.2, 0) is 0 Å². The lowest BCUT2D eigenvalue weighted by Crippen LogP contribution is -2.39. The van der Waals surface area contributed by atoms with Crippen LogP contribution in [0.5, 0.6) is 0 Å². The molecule has 0 fully saturated rings. The highest BCUT2D eigenvalue weighted by Crippen LogP contribution is 2.19. The Morgan fingerprint density at radius 3 is 2.55 bits per heavy atom. The van der Waals surface area contributed by atoms with Gasteiger partial charge in [-0.15, -0.1) is 0 Å². The van der Waals surface area contributed by atoms with Crippen molar-refractivity contribution in [1.82, 2.24) is 20.5 Å². The number of amides is 3. The zero-order valence-corrected chi connectivity index (χ0v) is 17.2. The van der Waals surface area contributed by atoms with Crippen LogP contribution in [-0.4, -0.2) is 49.0 Å². The van der Waals surface area contributed by atoms with Crippen LogP contribution < -0.4 is 21.7 Å². The summed E-state index contributed by atoms with van der Waals surface area (Å²) in [5.41, 5.74) is 8.02. The summed E-state index contributed by atoms with van der Waals surface area (Å²) in [5.74, 6) is -0.340. The van der Waals surface area contributed by atoms with E-state index in [0.717, 1.165) is 24.9 Å². The molecule has 8 heteroatoms. The summed E-state index contributed by atoms with van der Waals surface area (Å²) in [4.78, 5) is 30.9. The molecule has 1 aromatic carbocycles. The van der Waals surface area contributed by atoms with E-state index < -0.39 is 0 Å². The number of carbonyl (C=O) groups is 2. The summed E-state index contributed by atoms with van der Waals surface area (Å²) in [7, 11) is 3.96. The minimum Gasteiger partial charge on any atom is -0.397 e. The van der Waals surface area contributed by atoms with Gasteiger partial charge in [-0.2, -0.15) is 0 Å². The molecular weight excluding hydrogens is 368 g/mol. The molecule has 156 valence electrons. The van der Waals surface area contributed by atoms with Crippen molar-refractivity contribution < 1.29 is 9.59 Å². The molecule has 0 radical (unpaired) electrons. The molecule has 2 rings (SSSR count). The third-order valence-electron chi connectivity index (χ3n) is 4.34. The Kier molecular flexibility index (Phi) is 8.42. The Bertz CT molecular complexity index is 807. The van der Waals surface area contributed by atoms with Gasteiger partial charge in [0.2, 0.25) is 0 Å². The number of pyridine rings is 1. The number of rotatable bonds is 9. The number of para-hydroxylation sites is 2. The van der Waals surface area contributed by atoms with Gasteiger partial charge in [0.05, 0.1) is 17.4 Å². The van der Waals surface area contributed by atoms with E-state index >= 15 is 0 Å². The van der Waals surface area contributed by atoms with Gasteiger partial charge in [-0.05, 0) is 57.2 Å². The molecule has 29 heavy (non-hydrogen) atoms. The lowest BCUT2D eigenvalue weighted by Gasteiger charge is -2.21. The van der Waals surface area contributed by atoms with Crippen LogP contribution in [0, 0.1) is 0 Å². The Morgan fingerprint density at radius 2 is 1.93 bits per heavy atom. The zero-order valence-electron chi connectivity index (χ0n) is 17.2. The molecule has 0 aliphatic heterocycles. The molecule has 0 saturated heterocycles. The average molecular weight is 399 g/mol. The zero-order chi connectivity index (χ0) is 21.2. The van der Waals surface area contributed by atoms with E-state index in [2.05, 4.69) is 25.8 Å². The molecule has 0 spiro atoms. The number of benzene rings is 1. The van der Waals surface area contributed by atoms with Gasteiger partial charge in [-0.3, -0.25) is 9.78 Å². The molecule has 0 aliphatic carbocycles. The number of anilines is 2. The van der Waals surface area contributed by atoms with E-state index in [1.807, 2.05) is 27.1 Å². The maximum atomic E-state index is 12.4. The van der Waals surface area contributed by atoms with Gasteiger partial charge in [0.25, 0.3) is 5.91 Å². The fourth-order valence-corrected chi connectivity index (χ4v) is 2.70. The third-order valence-corrected chi connectivity index (χ3v) is 4.34. The number of hydrogen-bond acceptors (Lipinski definition) is 5. The monoisotopic (exact) mass is 398 g/mol. The number of nitrogens with zero attached hydrogens (tertiary/aromatic N) is 2. The van der Waals surface area contributed by atoms with Gasteiger partial charge < -0.3 is 26.6 Å². The molecule has 0 aliphatic rings. The molecule has 1 aromatic heterocycles. The van der Waals surface area contributed by atoms with Gasteiger partial charge >= 0.3 is 6.03 Å². The van der Waals surface area contributed by atoms with Crippen molar-refractivity contribution in [2.75, 3.05) is 38.2 Å². The Hall–Kier alpha value is -3.13. The quantitative estimate of drug-likeness (QED) is 0.485. The molecule has 2 aromatic rings. The summed E-state index contributed by atoms with van der Waals surface area (Å²) in [6, 6.07) is 10.1. The molecule has 0 bridgehead atoms. The Morgan fingerprint density at radius 1 is 1.17 bits per heavy atom. The predicted octanol–water partition coefficient (Wildman–Crippen LogP) is 2.62. The van der Waals surface area contributed by atoms with E-state index in [1.54, 1.807) is 36.5 Å². The van der Waals surface area contributed by atoms with Crippen molar-refractivity contribution in [3.05, 3.63) is 53.9 Å². The van der Waals surface area contributed by atoms with Crippen molar-refractivity contribution in [3.8, 4) is 0 Å². The van der Waals surface area contributed by atoms with Crippen LogP contribution in [0.2, 0.25) is 0 Å². The molecule has 0 saturated carbocycles.